The molecule has 0 unspecified atom stereocenters. The molecule has 0 radical (unpaired) electrons. The molecule has 10 nitrogen and oxygen atoms in total. The summed E-state index contributed by atoms with van der Waals surface area (Å²) in [6.07, 6.45) is 7.25. The molecule has 11 heteroatoms. The Kier molecular flexibility index (Phi) is 8.03. The number of pyridine rings is 2. The highest BCUT2D eigenvalue weighted by molar-refractivity contribution is 5.98. The van der Waals surface area contributed by atoms with Crippen LogP contribution >= 0.6 is 0 Å². The number of likely N-dealkylation sites (N-methyl/N-ethyl adjacent to an activating group) is 1. The molecule has 44 heavy (non-hydrogen) atoms. The molecule has 0 aliphatic rings. The number of carbonyl (C=O) groups excluding carboxylic acids is 1. The Morgan fingerprint density at radius 1 is 0.932 bits per heavy atom. The van der Waals surface area contributed by atoms with Crippen molar-refractivity contribution < 1.29 is 9.18 Å². The second-order valence-corrected chi connectivity index (χ2v) is 11.6. The van der Waals surface area contributed by atoms with Gasteiger partial charge in [-0.1, -0.05) is 19.9 Å². The van der Waals surface area contributed by atoms with Crippen LogP contribution in [0.15, 0.2) is 67.3 Å². The lowest BCUT2D eigenvalue weighted by atomic mass is 10.0. The first-order valence-corrected chi connectivity index (χ1v) is 14.5. The van der Waals surface area contributed by atoms with Gasteiger partial charge in [0.25, 0.3) is 0 Å². The molecule has 0 bridgehead atoms. The zero-order valence-electron chi connectivity index (χ0n) is 25.1. The maximum Gasteiger partial charge on any atom is 0.224 e. The average molecular weight is 592 g/mol. The first kappa shape index (κ1) is 28.9. The van der Waals surface area contributed by atoms with Gasteiger partial charge in [-0.25, -0.2) is 9.37 Å². The van der Waals surface area contributed by atoms with Gasteiger partial charge in [-0.15, -0.1) is 0 Å². The standard InChI is InChI=1S/C33H34FN9O/c1-19(2)9-30(44)38-25-12-22(15-35-16-25)20-5-6-28-26(13-20)32(42-41-28)33-39-29-18-36-17-27(31(29)40-33)21-10-23(34)14-24(11-21)37-7-8-43(3)4/h5-6,10-19,37H,7-9H2,1-4H3,(H,38,44)(H,39,40)(H,41,42). The normalized spacial score (nSPS) is 11.6. The second-order valence-electron chi connectivity index (χ2n) is 11.6. The van der Waals surface area contributed by atoms with Crippen LogP contribution < -0.4 is 10.6 Å². The number of fused-ring (bicyclic) bond motifs is 2. The molecule has 224 valence electrons. The number of carbonyl (C=O) groups is 1. The smallest absolute Gasteiger partial charge is 0.224 e. The van der Waals surface area contributed by atoms with Crippen LogP contribution in [0.25, 0.3) is 55.7 Å². The number of H-pyrrole nitrogens is 2. The Balaban J connectivity index is 1.33. The third-order valence-corrected chi connectivity index (χ3v) is 7.23. The number of amides is 1. The van der Waals surface area contributed by atoms with Gasteiger partial charge in [0.05, 0.1) is 34.6 Å². The van der Waals surface area contributed by atoms with Crippen LogP contribution in [-0.2, 0) is 4.79 Å². The lowest BCUT2D eigenvalue weighted by molar-refractivity contribution is -0.116. The number of halogens is 1. The molecule has 6 rings (SSSR count). The van der Waals surface area contributed by atoms with Gasteiger partial charge in [0.2, 0.25) is 5.91 Å². The predicted octanol–water partition coefficient (Wildman–Crippen LogP) is 6.33. The molecule has 4 N–H and O–H groups in total. The van der Waals surface area contributed by atoms with Crippen molar-refractivity contribution in [1.29, 1.82) is 0 Å². The maximum atomic E-state index is 14.7. The fourth-order valence-corrected chi connectivity index (χ4v) is 5.15. The molecule has 4 aromatic heterocycles. The number of imidazole rings is 1. The Morgan fingerprint density at radius 3 is 2.57 bits per heavy atom. The van der Waals surface area contributed by atoms with Crippen molar-refractivity contribution in [1.82, 2.24) is 35.0 Å². The summed E-state index contributed by atoms with van der Waals surface area (Å²) in [5.41, 5.74) is 7.37. The van der Waals surface area contributed by atoms with E-state index in [1.54, 1.807) is 24.8 Å². The minimum Gasteiger partial charge on any atom is -0.384 e. The van der Waals surface area contributed by atoms with Crippen LogP contribution in [0, 0.1) is 11.7 Å². The molecule has 0 aliphatic heterocycles. The van der Waals surface area contributed by atoms with Crippen molar-refractivity contribution >= 4 is 39.2 Å². The number of hydrogen-bond acceptors (Lipinski definition) is 7. The van der Waals surface area contributed by atoms with Gasteiger partial charge in [-0.2, -0.15) is 5.10 Å². The first-order valence-electron chi connectivity index (χ1n) is 14.5. The van der Waals surface area contributed by atoms with Crippen molar-refractivity contribution in [3.63, 3.8) is 0 Å². The van der Waals surface area contributed by atoms with E-state index in [-0.39, 0.29) is 17.6 Å². The van der Waals surface area contributed by atoms with E-state index in [0.29, 0.717) is 58.0 Å². The van der Waals surface area contributed by atoms with Crippen LogP contribution in [0.5, 0.6) is 0 Å². The summed E-state index contributed by atoms with van der Waals surface area (Å²) in [4.78, 5) is 31.4. The lowest BCUT2D eigenvalue weighted by Crippen LogP contribution is -2.20. The molecule has 1 amide bonds. The fraction of sp³-hybridized carbons (Fsp3) is 0.242. The SMILES string of the molecule is CC(C)CC(=O)Nc1cncc(-c2ccc3[nH]nc(-c4nc5c(-c6cc(F)cc(NCCN(C)C)c6)cncc5[nH]4)c3c2)c1. The number of anilines is 2. The van der Waals surface area contributed by atoms with Gasteiger partial charge in [0.1, 0.15) is 11.5 Å². The zero-order valence-corrected chi connectivity index (χ0v) is 25.1. The molecule has 2 aromatic carbocycles. The molecule has 0 atom stereocenters. The highest BCUT2D eigenvalue weighted by Gasteiger charge is 2.17. The topological polar surface area (TPSA) is 128 Å². The molecule has 0 saturated heterocycles. The van der Waals surface area contributed by atoms with Crippen molar-refractivity contribution in [3.8, 4) is 33.8 Å². The van der Waals surface area contributed by atoms with Crippen molar-refractivity contribution in [3.05, 3.63) is 73.1 Å². The molecule has 0 spiro atoms. The molecule has 0 fully saturated rings. The second kappa shape index (κ2) is 12.2. The van der Waals surface area contributed by atoms with Crippen LogP contribution in [0.4, 0.5) is 15.8 Å². The molecular formula is C33H34FN9O. The van der Waals surface area contributed by atoms with E-state index in [1.807, 2.05) is 58.3 Å². The van der Waals surface area contributed by atoms with Crippen LogP contribution in [0.1, 0.15) is 20.3 Å². The molecule has 4 heterocycles. The Bertz CT molecular complexity index is 1960. The zero-order chi connectivity index (χ0) is 30.8. The van der Waals surface area contributed by atoms with Gasteiger partial charge >= 0.3 is 0 Å². The summed E-state index contributed by atoms with van der Waals surface area (Å²) in [6.45, 7) is 5.53. The Hall–Kier alpha value is -5.16. The molecular weight excluding hydrogens is 557 g/mol. The third kappa shape index (κ3) is 6.28. The minimum absolute atomic E-state index is 0.0414. The summed E-state index contributed by atoms with van der Waals surface area (Å²) >= 11 is 0. The number of benzene rings is 2. The summed E-state index contributed by atoms with van der Waals surface area (Å²) in [6, 6.07) is 12.8. The van der Waals surface area contributed by atoms with E-state index < -0.39 is 0 Å². The van der Waals surface area contributed by atoms with E-state index >= 15 is 0 Å². The highest BCUT2D eigenvalue weighted by atomic mass is 19.1. The number of aromatic amines is 2. The third-order valence-electron chi connectivity index (χ3n) is 7.23. The molecule has 0 saturated carbocycles. The summed E-state index contributed by atoms with van der Waals surface area (Å²) in [7, 11) is 3.99. The summed E-state index contributed by atoms with van der Waals surface area (Å²) in [5, 5.41) is 14.8. The van der Waals surface area contributed by atoms with Crippen LogP contribution in [0.2, 0.25) is 0 Å². The number of hydrogen-bond donors (Lipinski definition) is 4. The van der Waals surface area contributed by atoms with Crippen LogP contribution in [-0.4, -0.2) is 68.1 Å². The number of rotatable bonds is 10. The minimum atomic E-state index is -0.341. The van der Waals surface area contributed by atoms with Gasteiger partial charge in [-0.05, 0) is 67.5 Å². The van der Waals surface area contributed by atoms with Gasteiger partial charge in [-0.3, -0.25) is 19.9 Å². The van der Waals surface area contributed by atoms with E-state index in [4.69, 9.17) is 4.98 Å². The summed E-state index contributed by atoms with van der Waals surface area (Å²) < 4.78 is 14.7. The maximum absolute atomic E-state index is 14.7. The largest absolute Gasteiger partial charge is 0.384 e. The average Bonchev–Trinajstić information content (AvgIpc) is 3.60. The van der Waals surface area contributed by atoms with E-state index in [0.717, 1.165) is 28.6 Å². The fourth-order valence-electron chi connectivity index (χ4n) is 5.15. The van der Waals surface area contributed by atoms with Crippen molar-refractivity contribution in [2.45, 2.75) is 20.3 Å². The predicted molar refractivity (Wildman–Crippen MR) is 173 cm³/mol. The van der Waals surface area contributed by atoms with Crippen molar-refractivity contribution in [2.24, 2.45) is 5.92 Å². The van der Waals surface area contributed by atoms with Gasteiger partial charge in [0.15, 0.2) is 5.82 Å². The Morgan fingerprint density at radius 2 is 1.75 bits per heavy atom. The number of nitrogens with zero attached hydrogens (tertiary/aromatic N) is 5. The molecule has 6 aromatic rings. The number of aromatic nitrogens is 6. The van der Waals surface area contributed by atoms with E-state index in [9.17, 15) is 9.18 Å². The Labute approximate surface area is 254 Å². The van der Waals surface area contributed by atoms with Crippen LogP contribution in [0.3, 0.4) is 0 Å². The first-order chi connectivity index (χ1) is 21.2. The number of nitrogens with one attached hydrogen (secondary N) is 4. The highest BCUT2D eigenvalue weighted by Crippen LogP contribution is 2.34. The summed E-state index contributed by atoms with van der Waals surface area (Å²) in [5.74, 6) is 0.442. The van der Waals surface area contributed by atoms with Gasteiger partial charge < -0.3 is 20.5 Å². The van der Waals surface area contributed by atoms with Gasteiger partial charge in [0, 0.05) is 54.1 Å². The van der Waals surface area contributed by atoms with Crippen molar-refractivity contribution in [2.75, 3.05) is 37.8 Å². The van der Waals surface area contributed by atoms with E-state index in [2.05, 4.69) is 40.7 Å². The quantitative estimate of drug-likeness (QED) is 0.147. The lowest BCUT2D eigenvalue weighted by Gasteiger charge is -2.12. The monoisotopic (exact) mass is 591 g/mol. The molecule has 0 aliphatic carbocycles. The van der Waals surface area contributed by atoms with E-state index in [1.165, 1.54) is 12.1 Å².